The summed E-state index contributed by atoms with van der Waals surface area (Å²) >= 11 is 0. The number of rotatable bonds is 6. The number of hydrogen-bond donors (Lipinski definition) is 0. The van der Waals surface area contributed by atoms with Gasteiger partial charge >= 0.3 is 0 Å². The van der Waals surface area contributed by atoms with Gasteiger partial charge in [0.1, 0.15) is 5.75 Å². The van der Waals surface area contributed by atoms with E-state index in [9.17, 15) is 0 Å². The molecule has 0 bridgehead atoms. The summed E-state index contributed by atoms with van der Waals surface area (Å²) in [5, 5.41) is 0.0427. The molecule has 2 aliphatic heterocycles. The van der Waals surface area contributed by atoms with E-state index >= 15 is 0 Å². The summed E-state index contributed by atoms with van der Waals surface area (Å²) < 4.78 is 19.2. The topological polar surface area (TPSA) is 27.7 Å². The van der Waals surface area contributed by atoms with Crippen LogP contribution in [0.5, 0.6) is 5.75 Å². The molecule has 26 heavy (non-hydrogen) atoms. The Morgan fingerprint density at radius 2 is 1.38 bits per heavy atom. The SMILES string of the molecule is CCC1(CC)OC(CC)(CC)c2cc(OP3OC(C)(C)C3(C)C)ccc21. The molecule has 0 radical (unpaired) electrons. The van der Waals surface area contributed by atoms with Crippen molar-refractivity contribution in [1.82, 2.24) is 0 Å². The van der Waals surface area contributed by atoms with Gasteiger partial charge in [0.2, 0.25) is 8.38 Å². The van der Waals surface area contributed by atoms with Crippen LogP contribution in [0.1, 0.15) is 92.2 Å². The molecule has 1 unspecified atom stereocenters. The second-order valence-electron chi connectivity index (χ2n) is 8.72. The largest absolute Gasteiger partial charge is 0.447 e. The molecule has 3 nitrogen and oxygen atoms in total. The molecule has 1 atom stereocenters. The van der Waals surface area contributed by atoms with Gasteiger partial charge in [0.15, 0.2) is 0 Å². The van der Waals surface area contributed by atoms with Gasteiger partial charge in [-0.1, -0.05) is 33.8 Å². The van der Waals surface area contributed by atoms with E-state index in [1.807, 2.05) is 0 Å². The van der Waals surface area contributed by atoms with E-state index in [1.165, 1.54) is 11.1 Å². The molecule has 146 valence electrons. The summed E-state index contributed by atoms with van der Waals surface area (Å²) in [6, 6.07) is 6.57. The van der Waals surface area contributed by atoms with E-state index in [4.69, 9.17) is 13.8 Å². The molecule has 0 aromatic heterocycles. The van der Waals surface area contributed by atoms with Crippen molar-refractivity contribution >= 4 is 8.38 Å². The zero-order valence-electron chi connectivity index (χ0n) is 17.7. The zero-order valence-corrected chi connectivity index (χ0v) is 18.6. The Balaban J connectivity index is 1.97. The van der Waals surface area contributed by atoms with Crippen LogP contribution in [0.4, 0.5) is 0 Å². The highest BCUT2D eigenvalue weighted by atomic mass is 31.2. The summed E-state index contributed by atoms with van der Waals surface area (Å²) in [5.74, 6) is 0.913. The number of benzene rings is 1. The van der Waals surface area contributed by atoms with Crippen molar-refractivity contribution in [1.29, 1.82) is 0 Å². The predicted molar refractivity (Wildman–Crippen MR) is 109 cm³/mol. The number of hydrogen-bond acceptors (Lipinski definition) is 3. The minimum atomic E-state index is -0.923. The average Bonchev–Trinajstić information content (AvgIpc) is 2.91. The van der Waals surface area contributed by atoms with Crippen molar-refractivity contribution in [2.45, 2.75) is 103 Å². The number of ether oxygens (including phenoxy) is 1. The van der Waals surface area contributed by atoms with Crippen LogP contribution in [0.15, 0.2) is 18.2 Å². The molecule has 0 aliphatic carbocycles. The molecule has 4 heteroatoms. The van der Waals surface area contributed by atoms with Crippen LogP contribution in [-0.2, 0) is 20.5 Å². The van der Waals surface area contributed by atoms with Gasteiger partial charge in [-0.2, -0.15) is 0 Å². The first kappa shape index (κ1) is 20.1. The van der Waals surface area contributed by atoms with Crippen LogP contribution >= 0.6 is 8.38 Å². The molecular weight excluding hydrogens is 343 g/mol. The lowest BCUT2D eigenvalue weighted by Crippen LogP contribution is -2.55. The number of fused-ring (bicyclic) bond motifs is 1. The summed E-state index contributed by atoms with van der Waals surface area (Å²) in [6.45, 7) is 17.7. The average molecular weight is 378 g/mol. The zero-order chi connectivity index (χ0) is 19.4. The van der Waals surface area contributed by atoms with Gasteiger partial charge < -0.3 is 13.8 Å². The van der Waals surface area contributed by atoms with Crippen LogP contribution in [-0.4, -0.2) is 10.8 Å². The van der Waals surface area contributed by atoms with Crippen LogP contribution in [0.25, 0.3) is 0 Å². The Morgan fingerprint density at radius 3 is 1.85 bits per heavy atom. The van der Waals surface area contributed by atoms with Crippen molar-refractivity contribution in [2.75, 3.05) is 0 Å². The van der Waals surface area contributed by atoms with Gasteiger partial charge in [-0.05, 0) is 76.6 Å². The molecule has 0 amide bonds. The van der Waals surface area contributed by atoms with Crippen molar-refractivity contribution in [3.05, 3.63) is 29.3 Å². The lowest BCUT2D eigenvalue weighted by molar-refractivity contribution is -0.151. The van der Waals surface area contributed by atoms with Gasteiger partial charge in [0.05, 0.1) is 22.0 Å². The monoisotopic (exact) mass is 378 g/mol. The maximum Gasteiger partial charge on any atom is 0.239 e. The first-order chi connectivity index (χ1) is 12.1. The molecule has 2 aliphatic rings. The van der Waals surface area contributed by atoms with Crippen LogP contribution < -0.4 is 4.52 Å². The van der Waals surface area contributed by atoms with Gasteiger partial charge in [-0.3, -0.25) is 0 Å². The summed E-state index contributed by atoms with van der Waals surface area (Å²) in [7, 11) is -0.923. The van der Waals surface area contributed by atoms with E-state index in [1.54, 1.807) is 0 Å². The molecule has 0 saturated carbocycles. The Kier molecular flexibility index (Phi) is 5.00. The third kappa shape index (κ3) is 2.65. The van der Waals surface area contributed by atoms with Gasteiger partial charge in [-0.25, -0.2) is 0 Å². The molecule has 0 spiro atoms. The van der Waals surface area contributed by atoms with Crippen molar-refractivity contribution in [2.24, 2.45) is 0 Å². The lowest BCUT2D eigenvalue weighted by Gasteiger charge is -2.55. The van der Waals surface area contributed by atoms with E-state index < -0.39 is 8.38 Å². The molecule has 1 aromatic rings. The smallest absolute Gasteiger partial charge is 0.239 e. The lowest BCUT2D eigenvalue weighted by atomic mass is 9.83. The summed E-state index contributed by atoms with van der Waals surface area (Å²) in [5.41, 5.74) is 2.16. The predicted octanol–water partition coefficient (Wildman–Crippen LogP) is 7.03. The van der Waals surface area contributed by atoms with Crippen LogP contribution in [0.3, 0.4) is 0 Å². The summed E-state index contributed by atoms with van der Waals surface area (Å²) in [6.07, 6.45) is 3.95. The van der Waals surface area contributed by atoms with Gasteiger partial charge in [0.25, 0.3) is 0 Å². The van der Waals surface area contributed by atoms with E-state index in [0.717, 1.165) is 31.4 Å². The first-order valence-corrected chi connectivity index (χ1v) is 11.3. The van der Waals surface area contributed by atoms with E-state index in [-0.39, 0.29) is 22.0 Å². The minimum Gasteiger partial charge on any atom is -0.447 e. The Morgan fingerprint density at radius 1 is 0.846 bits per heavy atom. The third-order valence-electron chi connectivity index (χ3n) is 7.08. The highest BCUT2D eigenvalue weighted by molar-refractivity contribution is 7.51. The highest BCUT2D eigenvalue weighted by Crippen LogP contribution is 2.69. The van der Waals surface area contributed by atoms with E-state index in [2.05, 4.69) is 73.6 Å². The normalized spacial score (nSPS) is 26.8. The molecule has 0 N–H and O–H groups in total. The molecule has 1 fully saturated rings. The molecule has 1 saturated heterocycles. The second-order valence-corrected chi connectivity index (χ2v) is 10.7. The van der Waals surface area contributed by atoms with E-state index in [0.29, 0.717) is 0 Å². The minimum absolute atomic E-state index is 0.0427. The van der Waals surface area contributed by atoms with Crippen LogP contribution in [0.2, 0.25) is 0 Å². The fourth-order valence-electron chi connectivity index (χ4n) is 4.23. The first-order valence-electron chi connectivity index (χ1n) is 10.1. The van der Waals surface area contributed by atoms with Gasteiger partial charge in [-0.15, -0.1) is 0 Å². The summed E-state index contributed by atoms with van der Waals surface area (Å²) in [4.78, 5) is 0. The fraction of sp³-hybridized carbons (Fsp3) is 0.727. The second kappa shape index (κ2) is 6.47. The van der Waals surface area contributed by atoms with Gasteiger partial charge in [0, 0.05) is 0 Å². The standard InChI is InChI=1S/C22H35O3P/c1-9-21(10-2)17-14-13-16(15-18(17)22(11-3,12-4)24-21)23-26-20(7,8)19(5,6)25-26/h13-15H,9-12H2,1-8H3. The van der Waals surface area contributed by atoms with Crippen molar-refractivity contribution < 1.29 is 13.8 Å². The Labute approximate surface area is 160 Å². The molecule has 2 heterocycles. The molecule has 1 aromatic carbocycles. The highest BCUT2D eigenvalue weighted by Gasteiger charge is 2.59. The van der Waals surface area contributed by atoms with Crippen molar-refractivity contribution in [3.8, 4) is 5.75 Å². The van der Waals surface area contributed by atoms with Crippen molar-refractivity contribution in [3.63, 3.8) is 0 Å². The fourth-order valence-corrected chi connectivity index (χ4v) is 6.03. The van der Waals surface area contributed by atoms with Crippen LogP contribution in [0, 0.1) is 0 Å². The maximum atomic E-state index is 6.80. The molecule has 3 rings (SSSR count). The Bertz CT molecular complexity index is 672. The quantitative estimate of drug-likeness (QED) is 0.498. The molecular formula is C22H35O3P. The maximum absolute atomic E-state index is 6.80. The Hall–Kier alpha value is -0.630. The third-order valence-corrected chi connectivity index (χ3v) is 9.53.